The number of imide groups is 1. The first kappa shape index (κ1) is 19.5. The molecule has 6 rings (SSSR count). The minimum atomic E-state index is -1.12. The standard InChI is InChI=1S/C25H25N3O4/c1-14-6-11-18-17(13-14)25(24(31)26(18)2)21-20(19-5-4-12-27(19)25)22(29)28(23(21)30)15-7-9-16(32-3)10-8-15/h6-11,13,19-21H,4-5,12H2,1-3H3. The van der Waals surface area contributed by atoms with Crippen LogP contribution in [0.2, 0.25) is 0 Å². The van der Waals surface area contributed by atoms with Crippen molar-refractivity contribution in [2.75, 3.05) is 30.5 Å². The van der Waals surface area contributed by atoms with Crippen LogP contribution < -0.4 is 14.5 Å². The fourth-order valence-corrected chi connectivity index (χ4v) is 6.59. The Labute approximate surface area is 186 Å². The van der Waals surface area contributed by atoms with Crippen LogP contribution in [0.15, 0.2) is 42.5 Å². The lowest BCUT2D eigenvalue weighted by molar-refractivity contribution is -0.136. The maximum Gasteiger partial charge on any atom is 0.252 e. The highest BCUT2D eigenvalue weighted by atomic mass is 16.5. The highest BCUT2D eigenvalue weighted by Gasteiger charge is 2.75. The van der Waals surface area contributed by atoms with Gasteiger partial charge in [0.05, 0.1) is 24.6 Å². The van der Waals surface area contributed by atoms with Crippen molar-refractivity contribution in [3.05, 3.63) is 53.6 Å². The van der Waals surface area contributed by atoms with Gasteiger partial charge in [-0.1, -0.05) is 17.7 Å². The summed E-state index contributed by atoms with van der Waals surface area (Å²) in [5, 5.41) is 0. The molecule has 7 heteroatoms. The van der Waals surface area contributed by atoms with Crippen LogP contribution >= 0.6 is 0 Å². The Morgan fingerprint density at radius 3 is 2.50 bits per heavy atom. The van der Waals surface area contributed by atoms with E-state index in [-0.39, 0.29) is 23.8 Å². The SMILES string of the molecule is COc1ccc(N2C(=O)C3C4CCCN4C4(C(=O)N(C)c5ccc(C)cc54)C3C2=O)cc1. The molecule has 4 aliphatic rings. The smallest absolute Gasteiger partial charge is 0.252 e. The highest BCUT2D eigenvalue weighted by molar-refractivity contribution is 6.26. The predicted molar refractivity (Wildman–Crippen MR) is 118 cm³/mol. The van der Waals surface area contributed by atoms with Gasteiger partial charge in [0.25, 0.3) is 5.91 Å². The zero-order chi connectivity index (χ0) is 22.4. The lowest BCUT2D eigenvalue weighted by atomic mass is 9.75. The Morgan fingerprint density at radius 2 is 1.78 bits per heavy atom. The number of amides is 3. The second kappa shape index (κ2) is 6.42. The molecule has 0 aliphatic carbocycles. The zero-order valence-corrected chi connectivity index (χ0v) is 18.4. The van der Waals surface area contributed by atoms with Crippen molar-refractivity contribution in [2.45, 2.75) is 31.3 Å². The molecule has 0 radical (unpaired) electrons. The summed E-state index contributed by atoms with van der Waals surface area (Å²) in [6.07, 6.45) is 1.73. The van der Waals surface area contributed by atoms with Crippen LogP contribution in [0.5, 0.6) is 5.75 Å². The van der Waals surface area contributed by atoms with Gasteiger partial charge in [0.2, 0.25) is 11.8 Å². The van der Waals surface area contributed by atoms with Gasteiger partial charge in [0, 0.05) is 24.3 Å². The van der Waals surface area contributed by atoms with E-state index in [0.717, 1.165) is 29.7 Å². The molecule has 0 N–H and O–H groups in total. The first-order chi connectivity index (χ1) is 15.4. The molecule has 3 amide bonds. The van der Waals surface area contributed by atoms with Gasteiger partial charge in [0.1, 0.15) is 11.3 Å². The number of hydrogen-bond acceptors (Lipinski definition) is 5. The summed E-state index contributed by atoms with van der Waals surface area (Å²) in [6, 6.07) is 12.8. The molecule has 0 bridgehead atoms. The molecule has 7 nitrogen and oxygen atoms in total. The molecule has 3 fully saturated rings. The molecule has 2 aromatic carbocycles. The molecule has 4 atom stereocenters. The van der Waals surface area contributed by atoms with E-state index < -0.39 is 17.4 Å². The molecule has 0 aromatic heterocycles. The summed E-state index contributed by atoms with van der Waals surface area (Å²) in [5.41, 5.74) is 2.14. The van der Waals surface area contributed by atoms with E-state index in [0.29, 0.717) is 18.0 Å². The number of hydrogen-bond donors (Lipinski definition) is 0. The van der Waals surface area contributed by atoms with E-state index in [4.69, 9.17) is 4.74 Å². The molecular weight excluding hydrogens is 406 g/mol. The van der Waals surface area contributed by atoms with Gasteiger partial charge >= 0.3 is 0 Å². The minimum absolute atomic E-state index is 0.102. The lowest BCUT2D eigenvalue weighted by Gasteiger charge is -2.37. The summed E-state index contributed by atoms with van der Waals surface area (Å²) in [7, 11) is 3.35. The van der Waals surface area contributed by atoms with Crippen LogP contribution in [0, 0.1) is 18.8 Å². The number of fused-ring (bicyclic) bond motifs is 7. The van der Waals surface area contributed by atoms with Crippen molar-refractivity contribution in [3.8, 4) is 5.75 Å². The molecule has 4 unspecified atom stereocenters. The number of aryl methyl sites for hydroxylation is 1. The number of methoxy groups -OCH3 is 1. The molecule has 32 heavy (non-hydrogen) atoms. The number of benzene rings is 2. The van der Waals surface area contributed by atoms with Crippen LogP contribution in [0.25, 0.3) is 0 Å². The Hall–Kier alpha value is -3.19. The molecule has 164 valence electrons. The van der Waals surface area contributed by atoms with Crippen molar-refractivity contribution in [1.29, 1.82) is 0 Å². The number of carbonyl (C=O) groups excluding carboxylic acids is 3. The molecular formula is C25H25N3O4. The van der Waals surface area contributed by atoms with E-state index >= 15 is 0 Å². The summed E-state index contributed by atoms with van der Waals surface area (Å²) < 4.78 is 5.22. The Kier molecular flexibility index (Phi) is 3.91. The van der Waals surface area contributed by atoms with Crippen molar-refractivity contribution < 1.29 is 19.1 Å². The zero-order valence-electron chi connectivity index (χ0n) is 18.4. The van der Waals surface area contributed by atoms with Crippen LogP contribution in [0.4, 0.5) is 11.4 Å². The fourth-order valence-electron chi connectivity index (χ4n) is 6.59. The normalized spacial score (nSPS) is 31.0. The van der Waals surface area contributed by atoms with Gasteiger partial charge in [-0.2, -0.15) is 0 Å². The quantitative estimate of drug-likeness (QED) is 0.684. The second-order valence-corrected chi connectivity index (χ2v) is 9.27. The molecule has 2 aromatic rings. The van der Waals surface area contributed by atoms with Gasteiger partial charge in [-0.3, -0.25) is 19.3 Å². The largest absolute Gasteiger partial charge is 0.497 e. The molecule has 1 spiro atoms. The van der Waals surface area contributed by atoms with Crippen molar-refractivity contribution >= 4 is 29.1 Å². The Bertz CT molecular complexity index is 1180. The number of likely N-dealkylation sites (N-methyl/N-ethyl adjacent to an activating group) is 1. The average Bonchev–Trinajstić information content (AvgIpc) is 3.48. The van der Waals surface area contributed by atoms with Crippen molar-refractivity contribution in [1.82, 2.24) is 4.90 Å². The van der Waals surface area contributed by atoms with Crippen LogP contribution in [0.1, 0.15) is 24.0 Å². The topological polar surface area (TPSA) is 70.2 Å². The third kappa shape index (κ3) is 2.12. The summed E-state index contributed by atoms with van der Waals surface area (Å²) in [6.45, 7) is 2.71. The number of carbonyl (C=O) groups is 3. The monoisotopic (exact) mass is 431 g/mol. The van der Waals surface area contributed by atoms with Crippen LogP contribution in [-0.4, -0.2) is 49.4 Å². The van der Waals surface area contributed by atoms with Gasteiger partial charge in [0.15, 0.2) is 0 Å². The molecule has 0 saturated carbocycles. The first-order valence-corrected chi connectivity index (χ1v) is 11.1. The third-order valence-electron chi connectivity index (χ3n) is 7.85. The number of nitrogens with zero attached hydrogens (tertiary/aromatic N) is 3. The summed E-state index contributed by atoms with van der Waals surface area (Å²) >= 11 is 0. The maximum atomic E-state index is 14.0. The van der Waals surface area contributed by atoms with E-state index in [9.17, 15) is 14.4 Å². The van der Waals surface area contributed by atoms with E-state index in [1.807, 2.05) is 25.1 Å². The predicted octanol–water partition coefficient (Wildman–Crippen LogP) is 2.46. The average molecular weight is 431 g/mol. The lowest BCUT2D eigenvalue weighted by Crippen LogP contribution is -2.55. The minimum Gasteiger partial charge on any atom is -0.497 e. The number of anilines is 2. The van der Waals surface area contributed by atoms with Gasteiger partial charge in [-0.05, 0) is 56.6 Å². The van der Waals surface area contributed by atoms with Gasteiger partial charge in [-0.15, -0.1) is 0 Å². The maximum absolute atomic E-state index is 14.0. The van der Waals surface area contributed by atoms with Gasteiger partial charge < -0.3 is 9.64 Å². The van der Waals surface area contributed by atoms with Crippen molar-refractivity contribution in [2.24, 2.45) is 11.8 Å². The van der Waals surface area contributed by atoms with Crippen LogP contribution in [0.3, 0.4) is 0 Å². The number of ether oxygens (including phenoxy) is 1. The van der Waals surface area contributed by atoms with E-state index in [1.54, 1.807) is 43.3 Å². The summed E-state index contributed by atoms with van der Waals surface area (Å²) in [5.74, 6) is -1.17. The Morgan fingerprint density at radius 1 is 1.03 bits per heavy atom. The fraction of sp³-hybridized carbons (Fsp3) is 0.400. The van der Waals surface area contributed by atoms with Gasteiger partial charge in [-0.25, -0.2) is 4.90 Å². The summed E-state index contributed by atoms with van der Waals surface area (Å²) in [4.78, 5) is 46.8. The van der Waals surface area contributed by atoms with E-state index in [2.05, 4.69) is 4.90 Å². The molecule has 3 saturated heterocycles. The second-order valence-electron chi connectivity index (χ2n) is 9.27. The van der Waals surface area contributed by atoms with E-state index in [1.165, 1.54) is 4.90 Å². The van der Waals surface area contributed by atoms with Crippen molar-refractivity contribution in [3.63, 3.8) is 0 Å². The van der Waals surface area contributed by atoms with Crippen LogP contribution in [-0.2, 0) is 19.9 Å². The third-order valence-corrected chi connectivity index (χ3v) is 7.85. The number of rotatable bonds is 2. The highest BCUT2D eigenvalue weighted by Crippen LogP contribution is 2.61. The Balaban J connectivity index is 1.55. The first-order valence-electron chi connectivity index (χ1n) is 11.1. The molecule has 4 aliphatic heterocycles. The molecule has 4 heterocycles.